The van der Waals surface area contributed by atoms with Crippen molar-refractivity contribution in [1.29, 1.82) is 0 Å². The molecule has 108 valence electrons. The van der Waals surface area contributed by atoms with Gasteiger partial charge in [0.25, 0.3) is 5.91 Å². The number of H-pyrrole nitrogens is 1. The Bertz CT molecular complexity index is 795. The molecule has 0 atom stereocenters. The minimum Gasteiger partial charge on any atom is -0.444 e. The van der Waals surface area contributed by atoms with Crippen molar-refractivity contribution in [2.75, 3.05) is 0 Å². The van der Waals surface area contributed by atoms with Crippen molar-refractivity contribution in [3.8, 4) is 0 Å². The summed E-state index contributed by atoms with van der Waals surface area (Å²) in [6.07, 6.45) is 0. The van der Waals surface area contributed by atoms with Gasteiger partial charge in [-0.05, 0) is 38.5 Å². The highest BCUT2D eigenvalue weighted by Crippen LogP contribution is 2.17. The van der Waals surface area contributed by atoms with E-state index in [1.807, 2.05) is 45.0 Å². The number of carbonyl (C=O) groups is 1. The summed E-state index contributed by atoms with van der Waals surface area (Å²) in [6, 6.07) is 7.89. The van der Waals surface area contributed by atoms with Crippen molar-refractivity contribution in [3.05, 3.63) is 52.9 Å². The molecular weight excluding hydrogens is 266 g/mol. The lowest BCUT2D eigenvalue weighted by molar-refractivity contribution is 0.0943. The molecule has 3 rings (SSSR count). The van der Waals surface area contributed by atoms with E-state index in [1.165, 1.54) is 0 Å². The number of hydrogen-bond donors (Lipinski definition) is 2. The summed E-state index contributed by atoms with van der Waals surface area (Å²) in [7, 11) is 0. The Morgan fingerprint density at radius 3 is 2.81 bits per heavy atom. The van der Waals surface area contributed by atoms with Crippen LogP contribution in [0.4, 0.5) is 0 Å². The summed E-state index contributed by atoms with van der Waals surface area (Å²) < 4.78 is 5.44. The number of hydrogen-bond acceptors (Lipinski definition) is 3. The maximum absolute atomic E-state index is 12.2. The van der Waals surface area contributed by atoms with Crippen LogP contribution in [0.3, 0.4) is 0 Å². The fourth-order valence-electron chi connectivity index (χ4n) is 2.23. The molecule has 0 unspecified atom stereocenters. The van der Waals surface area contributed by atoms with Gasteiger partial charge in [0.15, 0.2) is 0 Å². The van der Waals surface area contributed by atoms with Gasteiger partial charge in [0.2, 0.25) is 5.89 Å². The molecule has 0 aliphatic rings. The van der Waals surface area contributed by atoms with Crippen LogP contribution in [0, 0.1) is 20.8 Å². The van der Waals surface area contributed by atoms with Gasteiger partial charge in [-0.2, -0.15) is 0 Å². The minimum absolute atomic E-state index is 0.169. The van der Waals surface area contributed by atoms with Crippen molar-refractivity contribution in [2.24, 2.45) is 0 Å². The molecule has 0 spiro atoms. The van der Waals surface area contributed by atoms with Crippen LogP contribution in [0.2, 0.25) is 0 Å². The summed E-state index contributed by atoms with van der Waals surface area (Å²) in [6.45, 7) is 6.03. The van der Waals surface area contributed by atoms with Gasteiger partial charge in [-0.15, -0.1) is 0 Å². The Labute approximate surface area is 122 Å². The van der Waals surface area contributed by atoms with E-state index in [9.17, 15) is 4.79 Å². The van der Waals surface area contributed by atoms with Crippen LogP contribution < -0.4 is 5.32 Å². The predicted octanol–water partition coefficient (Wildman–Crippen LogP) is 3.01. The summed E-state index contributed by atoms with van der Waals surface area (Å²) in [4.78, 5) is 19.5. The largest absolute Gasteiger partial charge is 0.444 e. The highest BCUT2D eigenvalue weighted by molar-refractivity contribution is 5.98. The molecule has 21 heavy (non-hydrogen) atoms. The Hall–Kier alpha value is -2.56. The molecule has 0 radical (unpaired) electrons. The molecule has 0 aliphatic carbocycles. The first kappa shape index (κ1) is 13.4. The first-order valence-corrected chi connectivity index (χ1v) is 6.83. The SMILES string of the molecule is Cc1ccc2cc(C(=O)NCc3nc(C)c(C)o3)[nH]c2c1. The second-order valence-corrected chi connectivity index (χ2v) is 5.21. The first-order valence-electron chi connectivity index (χ1n) is 6.83. The highest BCUT2D eigenvalue weighted by Gasteiger charge is 2.11. The maximum atomic E-state index is 12.2. The van der Waals surface area contributed by atoms with Gasteiger partial charge >= 0.3 is 0 Å². The van der Waals surface area contributed by atoms with E-state index in [0.29, 0.717) is 11.6 Å². The summed E-state index contributed by atoms with van der Waals surface area (Å²) in [5, 5.41) is 3.83. The van der Waals surface area contributed by atoms with E-state index >= 15 is 0 Å². The highest BCUT2D eigenvalue weighted by atomic mass is 16.4. The summed E-state index contributed by atoms with van der Waals surface area (Å²) >= 11 is 0. The normalized spacial score (nSPS) is 11.0. The van der Waals surface area contributed by atoms with E-state index < -0.39 is 0 Å². The quantitative estimate of drug-likeness (QED) is 0.776. The Balaban J connectivity index is 1.74. The summed E-state index contributed by atoms with van der Waals surface area (Å²) in [5.74, 6) is 1.13. The van der Waals surface area contributed by atoms with E-state index in [-0.39, 0.29) is 12.5 Å². The van der Waals surface area contributed by atoms with Crippen molar-refractivity contribution in [2.45, 2.75) is 27.3 Å². The molecule has 2 heterocycles. The van der Waals surface area contributed by atoms with Gasteiger partial charge in [-0.1, -0.05) is 12.1 Å². The van der Waals surface area contributed by atoms with Gasteiger partial charge in [-0.25, -0.2) is 4.98 Å². The van der Waals surface area contributed by atoms with E-state index in [4.69, 9.17) is 4.42 Å². The molecule has 1 amide bonds. The van der Waals surface area contributed by atoms with E-state index in [0.717, 1.165) is 27.9 Å². The van der Waals surface area contributed by atoms with Crippen molar-refractivity contribution >= 4 is 16.8 Å². The van der Waals surface area contributed by atoms with Gasteiger partial charge in [0, 0.05) is 10.9 Å². The molecular formula is C16H17N3O2. The molecule has 0 bridgehead atoms. The predicted molar refractivity (Wildman–Crippen MR) is 80.2 cm³/mol. The van der Waals surface area contributed by atoms with Crippen LogP contribution in [-0.4, -0.2) is 15.9 Å². The molecule has 0 fully saturated rings. The van der Waals surface area contributed by atoms with E-state index in [1.54, 1.807) is 0 Å². The lowest BCUT2D eigenvalue weighted by Crippen LogP contribution is -2.23. The molecule has 5 nitrogen and oxygen atoms in total. The molecule has 2 aromatic heterocycles. The van der Waals surface area contributed by atoms with Crippen LogP contribution in [0.25, 0.3) is 10.9 Å². The summed E-state index contributed by atoms with van der Waals surface area (Å²) in [5.41, 5.74) is 3.50. The number of aryl methyl sites for hydroxylation is 3. The van der Waals surface area contributed by atoms with Crippen LogP contribution in [0.15, 0.2) is 28.7 Å². The monoisotopic (exact) mass is 283 g/mol. The Morgan fingerprint density at radius 2 is 2.10 bits per heavy atom. The molecule has 0 saturated heterocycles. The molecule has 5 heteroatoms. The molecule has 2 N–H and O–H groups in total. The van der Waals surface area contributed by atoms with Crippen molar-refractivity contribution in [1.82, 2.24) is 15.3 Å². The Morgan fingerprint density at radius 1 is 1.29 bits per heavy atom. The fourth-order valence-corrected chi connectivity index (χ4v) is 2.23. The van der Waals surface area contributed by atoms with Gasteiger partial charge in [0.05, 0.1) is 12.2 Å². The number of oxazole rings is 1. The molecule has 0 saturated carbocycles. The van der Waals surface area contributed by atoms with E-state index in [2.05, 4.69) is 15.3 Å². The molecule has 3 aromatic rings. The fraction of sp³-hybridized carbons (Fsp3) is 0.250. The zero-order valence-corrected chi connectivity index (χ0v) is 12.3. The lowest BCUT2D eigenvalue weighted by Gasteiger charge is -1.99. The zero-order chi connectivity index (χ0) is 15.0. The second kappa shape index (κ2) is 5.09. The number of aromatic nitrogens is 2. The van der Waals surface area contributed by atoms with Crippen molar-refractivity contribution in [3.63, 3.8) is 0 Å². The Kier molecular flexibility index (Phi) is 3.25. The van der Waals surface area contributed by atoms with Gasteiger partial charge in [-0.3, -0.25) is 4.79 Å². The van der Waals surface area contributed by atoms with Crippen molar-refractivity contribution < 1.29 is 9.21 Å². The lowest BCUT2D eigenvalue weighted by atomic mass is 10.2. The number of rotatable bonds is 3. The zero-order valence-electron chi connectivity index (χ0n) is 12.3. The molecule has 0 aliphatic heterocycles. The third kappa shape index (κ3) is 2.67. The number of amides is 1. The number of nitrogens with one attached hydrogen (secondary N) is 2. The number of benzene rings is 1. The maximum Gasteiger partial charge on any atom is 0.268 e. The van der Waals surface area contributed by atoms with Crippen LogP contribution >= 0.6 is 0 Å². The van der Waals surface area contributed by atoms with Gasteiger partial charge < -0.3 is 14.7 Å². The van der Waals surface area contributed by atoms with Gasteiger partial charge in [0.1, 0.15) is 11.5 Å². The molecule has 1 aromatic carbocycles. The minimum atomic E-state index is -0.169. The average Bonchev–Trinajstić information content (AvgIpc) is 3.00. The number of carbonyl (C=O) groups excluding carboxylic acids is 1. The average molecular weight is 283 g/mol. The van der Waals surface area contributed by atoms with Crippen LogP contribution in [0.1, 0.15) is 33.4 Å². The topological polar surface area (TPSA) is 70.9 Å². The smallest absolute Gasteiger partial charge is 0.268 e. The third-order valence-corrected chi connectivity index (χ3v) is 3.50. The first-order chi connectivity index (χ1) is 10.0. The number of fused-ring (bicyclic) bond motifs is 1. The number of nitrogens with zero attached hydrogens (tertiary/aromatic N) is 1. The van der Waals surface area contributed by atoms with Crippen LogP contribution in [0.5, 0.6) is 0 Å². The third-order valence-electron chi connectivity index (χ3n) is 3.50. The second-order valence-electron chi connectivity index (χ2n) is 5.21. The number of aromatic amines is 1. The van der Waals surface area contributed by atoms with Crippen LogP contribution in [-0.2, 0) is 6.54 Å². The standard InChI is InChI=1S/C16H17N3O2/c1-9-4-5-12-7-14(19-13(12)6-9)16(20)17-8-15-18-10(2)11(3)21-15/h4-7,19H,8H2,1-3H3,(H,17,20).